The predicted octanol–water partition coefficient (Wildman–Crippen LogP) is 4.84. The Hall–Kier alpha value is -1.79. The Morgan fingerprint density at radius 1 is 1.07 bits per heavy atom. The van der Waals surface area contributed by atoms with Gasteiger partial charge >= 0.3 is 7.12 Å². The molecule has 142 valence electrons. The molecule has 27 heavy (non-hydrogen) atoms. The molecule has 1 fully saturated rings. The van der Waals surface area contributed by atoms with Crippen LogP contribution in [0.2, 0.25) is 0 Å². The van der Waals surface area contributed by atoms with E-state index in [1.165, 1.54) is 36.6 Å². The van der Waals surface area contributed by atoms with Crippen molar-refractivity contribution in [2.45, 2.75) is 71.0 Å². The highest BCUT2D eigenvalue weighted by Crippen LogP contribution is 2.39. The van der Waals surface area contributed by atoms with E-state index >= 15 is 0 Å². The molecule has 0 aromatic carbocycles. The van der Waals surface area contributed by atoms with Crippen molar-refractivity contribution in [2.24, 2.45) is 0 Å². The van der Waals surface area contributed by atoms with Crippen LogP contribution in [-0.4, -0.2) is 28.3 Å². The summed E-state index contributed by atoms with van der Waals surface area (Å²) >= 11 is 0. The van der Waals surface area contributed by atoms with Gasteiger partial charge in [0.1, 0.15) is 5.73 Å². The van der Waals surface area contributed by atoms with Gasteiger partial charge in [-0.05, 0) is 82.7 Å². The molecule has 0 atom stereocenters. The van der Waals surface area contributed by atoms with Gasteiger partial charge in [-0.25, -0.2) is 14.4 Å². The van der Waals surface area contributed by atoms with Crippen molar-refractivity contribution >= 4 is 24.2 Å². The van der Waals surface area contributed by atoms with E-state index in [0.717, 1.165) is 23.9 Å². The Labute approximate surface area is 160 Å². The van der Waals surface area contributed by atoms with E-state index < -0.39 is 24.0 Å². The number of fused-ring (bicyclic) bond motifs is 2. The van der Waals surface area contributed by atoms with Gasteiger partial charge in [-0.3, -0.25) is 0 Å². The summed E-state index contributed by atoms with van der Waals surface area (Å²) in [6, 6.07) is 4.10. The topological polar surface area (TPSA) is 44.2 Å². The Morgan fingerprint density at radius 2 is 1.78 bits per heavy atom. The van der Waals surface area contributed by atoms with Gasteiger partial charge in [0.15, 0.2) is 5.65 Å². The number of aryl methyl sites for hydroxylation is 2. The second kappa shape index (κ2) is 6.68. The second-order valence-electron chi connectivity index (χ2n) is 8.59. The minimum atomic E-state index is -0.990. The van der Waals surface area contributed by atoms with Crippen LogP contribution in [-0.2, 0) is 22.2 Å². The molecular formula is C21H26BFN2O2. The predicted molar refractivity (Wildman–Crippen MR) is 106 cm³/mol. The van der Waals surface area contributed by atoms with Crippen LogP contribution >= 0.6 is 0 Å². The average molecular weight is 368 g/mol. The van der Waals surface area contributed by atoms with Crippen LogP contribution in [0, 0.1) is 0 Å². The molecule has 1 aliphatic carbocycles. The van der Waals surface area contributed by atoms with Gasteiger partial charge < -0.3 is 9.31 Å². The summed E-state index contributed by atoms with van der Waals surface area (Å²) < 4.78 is 26.3. The molecular weight excluding hydrogens is 342 g/mol. The first-order valence-corrected chi connectivity index (χ1v) is 9.76. The number of halogens is 1. The van der Waals surface area contributed by atoms with Gasteiger partial charge in [-0.1, -0.05) is 6.42 Å². The second-order valence-corrected chi connectivity index (χ2v) is 8.59. The van der Waals surface area contributed by atoms with Crippen LogP contribution in [0.4, 0.5) is 4.39 Å². The number of pyridine rings is 2. The van der Waals surface area contributed by atoms with Crippen molar-refractivity contribution in [1.29, 1.82) is 0 Å². The zero-order valence-corrected chi connectivity index (χ0v) is 16.5. The van der Waals surface area contributed by atoms with Crippen LogP contribution in [0.15, 0.2) is 24.1 Å². The quantitative estimate of drug-likeness (QED) is 0.562. The van der Waals surface area contributed by atoms with E-state index in [1.807, 2.05) is 33.8 Å². The normalized spacial score (nSPS) is 22.0. The molecule has 0 amide bonds. The van der Waals surface area contributed by atoms with Crippen molar-refractivity contribution < 1.29 is 13.7 Å². The van der Waals surface area contributed by atoms with Crippen molar-refractivity contribution in [3.63, 3.8) is 0 Å². The van der Waals surface area contributed by atoms with Gasteiger partial charge in [0.25, 0.3) is 0 Å². The summed E-state index contributed by atoms with van der Waals surface area (Å²) in [6.07, 6.45) is 8.80. The first-order valence-electron chi connectivity index (χ1n) is 9.76. The largest absolute Gasteiger partial charge is 0.525 e. The summed E-state index contributed by atoms with van der Waals surface area (Å²) in [5.41, 5.74) is 2.30. The molecule has 2 aromatic heterocycles. The summed E-state index contributed by atoms with van der Waals surface area (Å²) in [5.74, 6) is 0. The van der Waals surface area contributed by atoms with Crippen molar-refractivity contribution in [3.8, 4) is 0 Å². The number of hydrogen-bond acceptors (Lipinski definition) is 4. The standard InChI is InChI=1S/C21H26BFN2O2/c1-20(2)21(3,4)27-22(26-20)18(23)11-14-10-16-12-15-8-6-5-7-9-17(15)25-19(16)24-13-14/h10-13H,5-9H2,1-4H3. The third-order valence-corrected chi connectivity index (χ3v) is 6.00. The van der Waals surface area contributed by atoms with Gasteiger partial charge in [-0.15, -0.1) is 0 Å². The summed E-state index contributed by atoms with van der Waals surface area (Å²) in [7, 11) is -0.990. The average Bonchev–Trinajstić information content (AvgIpc) is 2.75. The molecule has 0 bridgehead atoms. The monoisotopic (exact) mass is 368 g/mol. The molecule has 2 aliphatic rings. The first kappa shape index (κ1) is 18.6. The fourth-order valence-corrected chi connectivity index (χ4v) is 3.64. The fourth-order valence-electron chi connectivity index (χ4n) is 3.64. The van der Waals surface area contributed by atoms with Gasteiger partial charge in [0.05, 0.1) is 11.2 Å². The van der Waals surface area contributed by atoms with Gasteiger partial charge in [0, 0.05) is 17.3 Å². The number of aromatic nitrogens is 2. The fraction of sp³-hybridized carbons (Fsp3) is 0.524. The van der Waals surface area contributed by atoms with E-state index in [-0.39, 0.29) is 0 Å². The molecule has 0 unspecified atom stereocenters. The van der Waals surface area contributed by atoms with Crippen LogP contribution < -0.4 is 0 Å². The van der Waals surface area contributed by atoms with Crippen LogP contribution in [0.25, 0.3) is 17.1 Å². The molecule has 6 heteroatoms. The lowest BCUT2D eigenvalue weighted by molar-refractivity contribution is 0.00578. The minimum Gasteiger partial charge on any atom is -0.398 e. The SMILES string of the molecule is CC1(C)OB(C(F)=Cc2cnc3nc4c(cc3c2)CCCCC4)OC1(C)C. The molecule has 1 saturated heterocycles. The Bertz CT molecular complexity index is 894. The van der Waals surface area contributed by atoms with E-state index in [1.54, 1.807) is 6.20 Å². The molecule has 4 rings (SSSR count). The van der Waals surface area contributed by atoms with Crippen molar-refractivity contribution in [2.75, 3.05) is 0 Å². The van der Waals surface area contributed by atoms with Gasteiger partial charge in [0.2, 0.25) is 0 Å². The molecule has 0 radical (unpaired) electrons. The molecule has 3 heterocycles. The third kappa shape index (κ3) is 3.53. The van der Waals surface area contributed by atoms with E-state index in [2.05, 4.69) is 11.1 Å². The highest BCUT2D eigenvalue weighted by Gasteiger charge is 2.53. The van der Waals surface area contributed by atoms with Crippen molar-refractivity contribution in [3.05, 3.63) is 40.9 Å². The lowest BCUT2D eigenvalue weighted by Gasteiger charge is -2.32. The number of hydrogen-bond donors (Lipinski definition) is 0. The zero-order valence-electron chi connectivity index (χ0n) is 16.5. The lowest BCUT2D eigenvalue weighted by Crippen LogP contribution is -2.41. The number of nitrogens with zero attached hydrogens (tertiary/aromatic N) is 2. The Morgan fingerprint density at radius 3 is 2.52 bits per heavy atom. The van der Waals surface area contributed by atoms with E-state index in [9.17, 15) is 4.39 Å². The smallest absolute Gasteiger partial charge is 0.398 e. The summed E-state index contributed by atoms with van der Waals surface area (Å²) in [4.78, 5) is 9.19. The molecule has 0 N–H and O–H groups in total. The maximum Gasteiger partial charge on any atom is 0.525 e. The van der Waals surface area contributed by atoms with Crippen molar-refractivity contribution in [1.82, 2.24) is 9.97 Å². The number of rotatable bonds is 2. The van der Waals surface area contributed by atoms with Gasteiger partial charge in [-0.2, -0.15) is 0 Å². The minimum absolute atomic E-state index is 0.447. The summed E-state index contributed by atoms with van der Waals surface area (Å²) in [6.45, 7) is 7.65. The first-order chi connectivity index (χ1) is 12.7. The van der Waals surface area contributed by atoms with Crippen LogP contribution in [0.3, 0.4) is 0 Å². The molecule has 0 saturated carbocycles. The molecule has 0 spiro atoms. The molecule has 1 aliphatic heterocycles. The lowest BCUT2D eigenvalue weighted by atomic mass is 9.87. The maximum absolute atomic E-state index is 14.8. The maximum atomic E-state index is 14.8. The summed E-state index contributed by atoms with van der Waals surface area (Å²) in [5, 5.41) is 0.950. The Balaban J connectivity index is 1.63. The van der Waals surface area contributed by atoms with E-state index in [4.69, 9.17) is 14.3 Å². The Kier molecular flexibility index (Phi) is 4.59. The van der Waals surface area contributed by atoms with Crippen LogP contribution in [0.5, 0.6) is 0 Å². The van der Waals surface area contributed by atoms with Crippen LogP contribution in [0.1, 0.15) is 63.8 Å². The highest BCUT2D eigenvalue weighted by atomic mass is 19.1. The molecule has 2 aromatic rings. The highest BCUT2D eigenvalue weighted by molar-refractivity contribution is 6.54. The molecule has 4 nitrogen and oxygen atoms in total. The zero-order chi connectivity index (χ0) is 19.2. The van der Waals surface area contributed by atoms with E-state index in [0.29, 0.717) is 5.56 Å². The third-order valence-electron chi connectivity index (χ3n) is 6.00.